The molecule has 0 aliphatic carbocycles. The third-order valence-corrected chi connectivity index (χ3v) is 5.68. The average Bonchev–Trinajstić information content (AvgIpc) is 3.15. The SMILES string of the molecule is CCOC(=O)N1CCc2c([nH]c3ccc(Cl)cc23)[C@@H]1c1ccc(OC[C@H](O)CO)cc1. The fourth-order valence-corrected chi connectivity index (χ4v) is 4.17. The molecule has 7 nitrogen and oxygen atoms in total. The third-order valence-electron chi connectivity index (χ3n) is 5.44. The molecule has 3 N–H and O–H groups in total. The van der Waals surface area contributed by atoms with Gasteiger partial charge in [-0.3, -0.25) is 4.90 Å². The lowest BCUT2D eigenvalue weighted by Crippen LogP contribution is -2.40. The zero-order chi connectivity index (χ0) is 22.0. The summed E-state index contributed by atoms with van der Waals surface area (Å²) in [7, 11) is 0. The van der Waals surface area contributed by atoms with Crippen LogP contribution in [0.3, 0.4) is 0 Å². The molecule has 8 heteroatoms. The highest BCUT2D eigenvalue weighted by Gasteiger charge is 2.35. The topological polar surface area (TPSA) is 95.0 Å². The smallest absolute Gasteiger partial charge is 0.410 e. The second-order valence-corrected chi connectivity index (χ2v) is 7.90. The molecule has 0 unspecified atom stereocenters. The molecule has 0 fully saturated rings. The van der Waals surface area contributed by atoms with E-state index in [0.29, 0.717) is 30.3 Å². The van der Waals surface area contributed by atoms with Crippen molar-refractivity contribution in [3.8, 4) is 5.75 Å². The van der Waals surface area contributed by atoms with Gasteiger partial charge in [0.2, 0.25) is 0 Å². The van der Waals surface area contributed by atoms with Crippen LogP contribution in [0.1, 0.15) is 29.8 Å². The Hall–Kier alpha value is -2.74. The van der Waals surface area contributed by atoms with Gasteiger partial charge in [-0.15, -0.1) is 0 Å². The molecule has 4 rings (SSSR count). The number of H-pyrrole nitrogens is 1. The lowest BCUT2D eigenvalue weighted by molar-refractivity contribution is 0.0536. The molecule has 3 aromatic rings. The van der Waals surface area contributed by atoms with Crippen molar-refractivity contribution in [3.63, 3.8) is 0 Å². The molecule has 1 aromatic heterocycles. The summed E-state index contributed by atoms with van der Waals surface area (Å²) in [5, 5.41) is 20.1. The van der Waals surface area contributed by atoms with Crippen molar-refractivity contribution in [2.24, 2.45) is 0 Å². The Labute approximate surface area is 185 Å². The Morgan fingerprint density at radius 2 is 2.06 bits per heavy atom. The molecule has 1 aliphatic rings. The van der Waals surface area contributed by atoms with Crippen molar-refractivity contribution >= 4 is 28.6 Å². The van der Waals surface area contributed by atoms with Crippen molar-refractivity contribution in [2.45, 2.75) is 25.5 Å². The molecule has 0 spiro atoms. The van der Waals surface area contributed by atoms with E-state index >= 15 is 0 Å². The average molecular weight is 445 g/mol. The predicted molar refractivity (Wildman–Crippen MR) is 118 cm³/mol. The van der Waals surface area contributed by atoms with Gasteiger partial charge in [0.1, 0.15) is 24.5 Å². The summed E-state index contributed by atoms with van der Waals surface area (Å²) < 4.78 is 10.8. The summed E-state index contributed by atoms with van der Waals surface area (Å²) >= 11 is 6.23. The number of rotatable bonds is 6. The number of ether oxygens (including phenoxy) is 2. The van der Waals surface area contributed by atoms with E-state index in [2.05, 4.69) is 4.98 Å². The first kappa shape index (κ1) is 21.5. The number of carbonyl (C=O) groups excluding carboxylic acids is 1. The molecule has 0 saturated carbocycles. The number of benzene rings is 2. The third kappa shape index (κ3) is 4.35. The van der Waals surface area contributed by atoms with Crippen LogP contribution < -0.4 is 4.74 Å². The number of aliphatic hydroxyl groups excluding tert-OH is 2. The van der Waals surface area contributed by atoms with Gasteiger partial charge in [0, 0.05) is 28.2 Å². The zero-order valence-electron chi connectivity index (χ0n) is 17.2. The van der Waals surface area contributed by atoms with Crippen molar-refractivity contribution < 1.29 is 24.5 Å². The minimum atomic E-state index is -0.932. The summed E-state index contributed by atoms with van der Waals surface area (Å²) in [4.78, 5) is 17.9. The van der Waals surface area contributed by atoms with Crippen LogP contribution in [0.4, 0.5) is 4.79 Å². The highest BCUT2D eigenvalue weighted by atomic mass is 35.5. The molecule has 31 heavy (non-hydrogen) atoms. The van der Waals surface area contributed by atoms with Crippen molar-refractivity contribution in [2.75, 3.05) is 26.4 Å². The van der Waals surface area contributed by atoms with E-state index in [4.69, 9.17) is 26.2 Å². The molecule has 164 valence electrons. The van der Waals surface area contributed by atoms with E-state index in [1.54, 1.807) is 24.0 Å². The van der Waals surface area contributed by atoms with E-state index in [1.165, 1.54) is 0 Å². The minimum Gasteiger partial charge on any atom is -0.491 e. The highest BCUT2D eigenvalue weighted by Crippen LogP contribution is 2.39. The normalized spacial score (nSPS) is 16.8. The zero-order valence-corrected chi connectivity index (χ0v) is 17.9. The van der Waals surface area contributed by atoms with Crippen LogP contribution in [-0.2, 0) is 11.2 Å². The van der Waals surface area contributed by atoms with Gasteiger partial charge in [-0.1, -0.05) is 23.7 Å². The first-order valence-corrected chi connectivity index (χ1v) is 10.6. The second kappa shape index (κ2) is 9.18. The molecule has 2 aromatic carbocycles. The predicted octanol–water partition coefficient (Wildman–Crippen LogP) is 3.66. The van der Waals surface area contributed by atoms with Gasteiger partial charge in [0.05, 0.1) is 13.2 Å². The molecule has 0 bridgehead atoms. The molecule has 0 saturated heterocycles. The summed E-state index contributed by atoms with van der Waals surface area (Å²) in [6.45, 7) is 2.26. The molecule has 1 aliphatic heterocycles. The Morgan fingerprint density at radius 3 is 2.77 bits per heavy atom. The number of nitrogens with zero attached hydrogens (tertiary/aromatic N) is 1. The van der Waals surface area contributed by atoms with Crippen LogP contribution >= 0.6 is 11.6 Å². The summed E-state index contributed by atoms with van der Waals surface area (Å²) in [5.41, 5.74) is 3.97. The molecule has 2 atom stereocenters. The fourth-order valence-electron chi connectivity index (χ4n) is 4.00. The van der Waals surface area contributed by atoms with Crippen molar-refractivity contribution in [3.05, 3.63) is 64.3 Å². The van der Waals surface area contributed by atoms with Gasteiger partial charge < -0.3 is 24.7 Å². The molecular formula is C23H25ClN2O5. The summed E-state index contributed by atoms with van der Waals surface area (Å²) in [6.07, 6.45) is -0.593. The van der Waals surface area contributed by atoms with Gasteiger partial charge in [-0.2, -0.15) is 0 Å². The van der Waals surface area contributed by atoms with Gasteiger partial charge in [0.25, 0.3) is 0 Å². The maximum atomic E-state index is 12.7. The lowest BCUT2D eigenvalue weighted by atomic mass is 9.92. The number of aromatic amines is 1. The number of nitrogens with one attached hydrogen (secondary N) is 1. The number of halogens is 1. The quantitative estimate of drug-likeness (QED) is 0.539. The highest BCUT2D eigenvalue weighted by molar-refractivity contribution is 6.31. The van der Waals surface area contributed by atoms with Gasteiger partial charge in [-0.05, 0) is 54.8 Å². The molecule has 0 radical (unpaired) electrons. The van der Waals surface area contributed by atoms with E-state index in [-0.39, 0.29) is 25.3 Å². The Kier molecular flexibility index (Phi) is 6.36. The van der Waals surface area contributed by atoms with Crippen LogP contribution in [0, 0.1) is 0 Å². The number of fused-ring (bicyclic) bond motifs is 3. The molecule has 2 heterocycles. The maximum absolute atomic E-state index is 12.7. The standard InChI is InChI=1S/C23H25ClN2O5/c1-2-30-23(29)26-10-9-18-19-11-15(24)5-8-20(19)25-21(18)22(26)14-3-6-17(7-4-14)31-13-16(28)12-27/h3-8,11,16,22,25,27-28H,2,9-10,12-13H2,1H3/t16-,22+/m1/s1. The molecule has 1 amide bonds. The second-order valence-electron chi connectivity index (χ2n) is 7.47. The van der Waals surface area contributed by atoms with Crippen LogP contribution in [-0.4, -0.2) is 58.7 Å². The van der Waals surface area contributed by atoms with Crippen LogP contribution in [0.25, 0.3) is 10.9 Å². The van der Waals surface area contributed by atoms with E-state index < -0.39 is 6.10 Å². The number of hydrogen-bond donors (Lipinski definition) is 3. The number of carbonyl (C=O) groups is 1. The van der Waals surface area contributed by atoms with Crippen LogP contribution in [0.15, 0.2) is 42.5 Å². The van der Waals surface area contributed by atoms with Crippen LogP contribution in [0.5, 0.6) is 5.75 Å². The van der Waals surface area contributed by atoms with Gasteiger partial charge >= 0.3 is 6.09 Å². The first-order chi connectivity index (χ1) is 15.0. The largest absolute Gasteiger partial charge is 0.491 e. The van der Waals surface area contributed by atoms with E-state index in [0.717, 1.165) is 27.7 Å². The van der Waals surface area contributed by atoms with Crippen molar-refractivity contribution in [1.29, 1.82) is 0 Å². The van der Waals surface area contributed by atoms with Gasteiger partial charge in [0.15, 0.2) is 0 Å². The van der Waals surface area contributed by atoms with Crippen molar-refractivity contribution in [1.82, 2.24) is 9.88 Å². The Morgan fingerprint density at radius 1 is 1.29 bits per heavy atom. The number of hydrogen-bond acceptors (Lipinski definition) is 5. The number of aliphatic hydroxyl groups is 2. The summed E-state index contributed by atoms with van der Waals surface area (Å²) in [5.74, 6) is 0.568. The van der Waals surface area contributed by atoms with Crippen LogP contribution in [0.2, 0.25) is 5.02 Å². The van der Waals surface area contributed by atoms with E-state index in [9.17, 15) is 9.90 Å². The monoisotopic (exact) mass is 444 g/mol. The molecular weight excluding hydrogens is 420 g/mol. The number of amides is 1. The van der Waals surface area contributed by atoms with E-state index in [1.807, 2.05) is 30.3 Å². The Balaban J connectivity index is 1.71. The lowest BCUT2D eigenvalue weighted by Gasteiger charge is -2.35. The minimum absolute atomic E-state index is 0.00114. The Bertz CT molecular complexity index is 1070. The fraction of sp³-hybridized carbons (Fsp3) is 0.348. The number of aromatic nitrogens is 1. The maximum Gasteiger partial charge on any atom is 0.410 e. The summed E-state index contributed by atoms with van der Waals surface area (Å²) in [6, 6.07) is 12.8. The first-order valence-electron chi connectivity index (χ1n) is 10.3. The van der Waals surface area contributed by atoms with Gasteiger partial charge in [-0.25, -0.2) is 4.79 Å².